The molecular formula is C25H25N5O. The second-order valence-corrected chi connectivity index (χ2v) is 8.85. The Morgan fingerprint density at radius 3 is 2.84 bits per heavy atom. The van der Waals surface area contributed by atoms with Gasteiger partial charge in [-0.15, -0.1) is 5.10 Å². The Hall–Kier alpha value is -3.54. The molecule has 6 heteroatoms. The summed E-state index contributed by atoms with van der Waals surface area (Å²) in [4.78, 5) is 17.4. The number of carbonyl (C=O) groups is 1. The van der Waals surface area contributed by atoms with E-state index in [0.717, 1.165) is 29.3 Å². The van der Waals surface area contributed by atoms with E-state index in [-0.39, 0.29) is 17.4 Å². The molecule has 1 aliphatic rings. The molecule has 1 amide bonds. The highest BCUT2D eigenvalue weighted by Gasteiger charge is 2.33. The van der Waals surface area contributed by atoms with Gasteiger partial charge in [0.2, 0.25) is 0 Å². The Bertz CT molecular complexity index is 1280. The SMILES string of the molecule is Cc1c(C(=O)NC2CCC(C)(C)c3ccccc32)nnn1-c1cccc2cnccc12. The lowest BCUT2D eigenvalue weighted by atomic mass is 9.71. The zero-order valence-corrected chi connectivity index (χ0v) is 18.0. The van der Waals surface area contributed by atoms with Crippen LogP contribution < -0.4 is 5.32 Å². The lowest BCUT2D eigenvalue weighted by molar-refractivity contribution is 0.0923. The van der Waals surface area contributed by atoms with Crippen LogP contribution in [0.25, 0.3) is 16.5 Å². The maximum Gasteiger partial charge on any atom is 0.274 e. The largest absolute Gasteiger partial charge is 0.344 e. The van der Waals surface area contributed by atoms with E-state index in [9.17, 15) is 4.79 Å². The summed E-state index contributed by atoms with van der Waals surface area (Å²) in [7, 11) is 0. The number of hydrogen-bond donors (Lipinski definition) is 1. The number of aromatic nitrogens is 4. The molecule has 31 heavy (non-hydrogen) atoms. The van der Waals surface area contributed by atoms with Crippen molar-refractivity contribution in [1.29, 1.82) is 0 Å². The Balaban J connectivity index is 1.46. The molecule has 0 saturated carbocycles. The van der Waals surface area contributed by atoms with E-state index in [1.54, 1.807) is 10.9 Å². The standard InChI is InChI=1S/C25H25N5O/c1-16-23(28-29-30(16)22-10-6-7-17-15-26-14-12-18(17)22)24(31)27-21-11-13-25(2,3)20-9-5-4-8-19(20)21/h4-10,12,14-15,21H,11,13H2,1-3H3,(H,27,31). The molecule has 156 valence electrons. The number of benzene rings is 2. The normalized spacial score (nSPS) is 17.3. The van der Waals surface area contributed by atoms with E-state index < -0.39 is 0 Å². The van der Waals surface area contributed by atoms with Gasteiger partial charge in [-0.25, -0.2) is 4.68 Å². The van der Waals surface area contributed by atoms with E-state index in [1.165, 1.54) is 11.1 Å². The predicted octanol–water partition coefficient (Wildman–Crippen LogP) is 4.67. The Kier molecular flexibility index (Phi) is 4.58. The van der Waals surface area contributed by atoms with E-state index in [1.807, 2.05) is 43.5 Å². The number of hydrogen-bond acceptors (Lipinski definition) is 4. The third-order valence-corrected chi connectivity index (χ3v) is 6.42. The highest BCUT2D eigenvalue weighted by Crippen LogP contribution is 2.41. The minimum Gasteiger partial charge on any atom is -0.344 e. The highest BCUT2D eigenvalue weighted by molar-refractivity contribution is 5.94. The number of pyridine rings is 1. The monoisotopic (exact) mass is 411 g/mol. The molecule has 2 aromatic heterocycles. The molecule has 5 rings (SSSR count). The summed E-state index contributed by atoms with van der Waals surface area (Å²) in [6.07, 6.45) is 5.50. The third-order valence-electron chi connectivity index (χ3n) is 6.42. The van der Waals surface area contributed by atoms with Crippen molar-refractivity contribution in [2.24, 2.45) is 0 Å². The van der Waals surface area contributed by atoms with Gasteiger partial charge in [0.05, 0.1) is 17.4 Å². The van der Waals surface area contributed by atoms with E-state index in [0.29, 0.717) is 11.4 Å². The van der Waals surface area contributed by atoms with Crippen molar-refractivity contribution in [1.82, 2.24) is 25.3 Å². The van der Waals surface area contributed by atoms with Crippen molar-refractivity contribution in [2.75, 3.05) is 0 Å². The molecule has 0 spiro atoms. The van der Waals surface area contributed by atoms with Crippen LogP contribution in [0.2, 0.25) is 0 Å². The lowest BCUT2D eigenvalue weighted by Crippen LogP contribution is -2.36. The second-order valence-electron chi connectivity index (χ2n) is 8.85. The summed E-state index contributed by atoms with van der Waals surface area (Å²) in [5, 5.41) is 13.8. The van der Waals surface area contributed by atoms with Crippen LogP contribution in [0.4, 0.5) is 0 Å². The highest BCUT2D eigenvalue weighted by atomic mass is 16.2. The Morgan fingerprint density at radius 1 is 1.13 bits per heavy atom. The molecule has 0 bridgehead atoms. The molecule has 0 radical (unpaired) electrons. The average Bonchev–Trinajstić information content (AvgIpc) is 3.17. The van der Waals surface area contributed by atoms with Gasteiger partial charge in [0.25, 0.3) is 5.91 Å². The van der Waals surface area contributed by atoms with Crippen LogP contribution in [0.5, 0.6) is 0 Å². The van der Waals surface area contributed by atoms with Crippen LogP contribution in [0.3, 0.4) is 0 Å². The fourth-order valence-corrected chi connectivity index (χ4v) is 4.65. The molecule has 1 aliphatic carbocycles. The first-order valence-corrected chi connectivity index (χ1v) is 10.6. The smallest absolute Gasteiger partial charge is 0.274 e. The first-order valence-electron chi connectivity index (χ1n) is 10.6. The fourth-order valence-electron chi connectivity index (χ4n) is 4.65. The fraction of sp³-hybridized carbons (Fsp3) is 0.280. The minimum atomic E-state index is -0.190. The molecule has 0 saturated heterocycles. The van der Waals surface area contributed by atoms with Gasteiger partial charge < -0.3 is 5.32 Å². The third kappa shape index (κ3) is 3.28. The van der Waals surface area contributed by atoms with Gasteiger partial charge >= 0.3 is 0 Å². The van der Waals surface area contributed by atoms with Crippen LogP contribution in [0.15, 0.2) is 60.9 Å². The van der Waals surface area contributed by atoms with Gasteiger partial charge in [-0.2, -0.15) is 0 Å². The summed E-state index contributed by atoms with van der Waals surface area (Å²) in [5.41, 5.74) is 4.56. The molecule has 0 aliphatic heterocycles. The van der Waals surface area contributed by atoms with Crippen molar-refractivity contribution in [3.8, 4) is 5.69 Å². The molecule has 1 unspecified atom stereocenters. The van der Waals surface area contributed by atoms with Crippen molar-refractivity contribution in [3.63, 3.8) is 0 Å². The van der Waals surface area contributed by atoms with Crippen molar-refractivity contribution >= 4 is 16.7 Å². The molecule has 2 heterocycles. The van der Waals surface area contributed by atoms with E-state index in [2.05, 4.69) is 52.7 Å². The van der Waals surface area contributed by atoms with Gasteiger partial charge in [0.1, 0.15) is 0 Å². The Labute approximate surface area is 181 Å². The van der Waals surface area contributed by atoms with Gasteiger partial charge in [0, 0.05) is 23.2 Å². The van der Waals surface area contributed by atoms with E-state index >= 15 is 0 Å². The van der Waals surface area contributed by atoms with Crippen LogP contribution >= 0.6 is 0 Å². The van der Waals surface area contributed by atoms with Crippen LogP contribution in [-0.4, -0.2) is 25.9 Å². The summed E-state index contributed by atoms with van der Waals surface area (Å²) in [6, 6.07) is 16.3. The minimum absolute atomic E-state index is 0.0232. The number of carbonyl (C=O) groups excluding carboxylic acids is 1. The number of fused-ring (bicyclic) bond motifs is 2. The van der Waals surface area contributed by atoms with Crippen LogP contribution in [0, 0.1) is 6.92 Å². The van der Waals surface area contributed by atoms with Crippen molar-refractivity contribution in [2.45, 2.75) is 45.1 Å². The number of nitrogens with one attached hydrogen (secondary N) is 1. The van der Waals surface area contributed by atoms with E-state index in [4.69, 9.17) is 0 Å². The molecule has 4 aromatic rings. The molecule has 2 aromatic carbocycles. The first-order chi connectivity index (χ1) is 15.0. The quantitative estimate of drug-likeness (QED) is 0.532. The number of rotatable bonds is 3. The topological polar surface area (TPSA) is 72.7 Å². The summed E-state index contributed by atoms with van der Waals surface area (Å²) < 4.78 is 1.73. The zero-order chi connectivity index (χ0) is 21.6. The molecule has 0 fully saturated rings. The summed E-state index contributed by atoms with van der Waals surface area (Å²) >= 11 is 0. The maximum atomic E-state index is 13.2. The number of amides is 1. The average molecular weight is 412 g/mol. The summed E-state index contributed by atoms with van der Waals surface area (Å²) in [5.74, 6) is -0.190. The molecule has 1 N–H and O–H groups in total. The van der Waals surface area contributed by atoms with Crippen LogP contribution in [-0.2, 0) is 5.41 Å². The molecular weight excluding hydrogens is 386 g/mol. The second kappa shape index (κ2) is 7.30. The van der Waals surface area contributed by atoms with Gasteiger partial charge in [-0.1, -0.05) is 55.5 Å². The number of nitrogens with zero attached hydrogens (tertiary/aromatic N) is 4. The lowest BCUT2D eigenvalue weighted by Gasteiger charge is -2.37. The Morgan fingerprint density at radius 2 is 1.97 bits per heavy atom. The molecule has 6 nitrogen and oxygen atoms in total. The van der Waals surface area contributed by atoms with Crippen molar-refractivity contribution in [3.05, 3.63) is 83.4 Å². The zero-order valence-electron chi connectivity index (χ0n) is 18.0. The maximum absolute atomic E-state index is 13.2. The van der Waals surface area contributed by atoms with Crippen LogP contribution in [0.1, 0.15) is 60.0 Å². The first kappa shape index (κ1) is 19.4. The predicted molar refractivity (Wildman–Crippen MR) is 120 cm³/mol. The van der Waals surface area contributed by atoms with Gasteiger partial charge in [-0.3, -0.25) is 9.78 Å². The van der Waals surface area contributed by atoms with Gasteiger partial charge in [0.15, 0.2) is 5.69 Å². The van der Waals surface area contributed by atoms with Crippen molar-refractivity contribution < 1.29 is 4.79 Å². The molecule has 1 atom stereocenters. The van der Waals surface area contributed by atoms with Gasteiger partial charge in [-0.05, 0) is 48.4 Å². The summed E-state index contributed by atoms with van der Waals surface area (Å²) in [6.45, 7) is 6.41.